The minimum absolute atomic E-state index is 0.332. The van der Waals surface area contributed by atoms with Crippen LogP contribution in [0.5, 0.6) is 0 Å². The summed E-state index contributed by atoms with van der Waals surface area (Å²) in [6.45, 7) is 0.977. The first-order valence-corrected chi connectivity index (χ1v) is 5.64. The second-order valence-electron chi connectivity index (χ2n) is 3.59. The van der Waals surface area contributed by atoms with Gasteiger partial charge in [-0.3, -0.25) is 0 Å². The Bertz CT molecular complexity index is 319. The summed E-state index contributed by atoms with van der Waals surface area (Å²) in [6, 6.07) is 6.14. The molecule has 0 saturated carbocycles. The van der Waals surface area contributed by atoms with Gasteiger partial charge in [-0.2, -0.15) is 0 Å². The number of nitrogens with zero attached hydrogens (tertiary/aromatic N) is 1. The molecule has 1 aromatic carbocycles. The van der Waals surface area contributed by atoms with Crippen LogP contribution < -0.4 is 5.32 Å². The van der Waals surface area contributed by atoms with E-state index in [0.717, 1.165) is 13.0 Å². The maximum Gasteiger partial charge on any atom is 0.0595 e. The summed E-state index contributed by atoms with van der Waals surface area (Å²) >= 11 is 11.8. The van der Waals surface area contributed by atoms with Crippen molar-refractivity contribution in [3.05, 3.63) is 33.8 Å². The van der Waals surface area contributed by atoms with E-state index in [1.807, 2.05) is 18.2 Å². The average Bonchev–Trinajstić information content (AvgIpc) is 2.23. The van der Waals surface area contributed by atoms with Crippen LogP contribution in [0.2, 0.25) is 10.0 Å². The standard InChI is InChI=1S/C11H12Cl2N/c12-9-5-4-8(7-10(9)13)11-3-1-2-6-14-11/h4-5,7,11H,1-3,6H2. The average molecular weight is 229 g/mol. The predicted molar refractivity (Wildman–Crippen MR) is 60.1 cm³/mol. The van der Waals surface area contributed by atoms with Gasteiger partial charge in [-0.1, -0.05) is 35.7 Å². The lowest BCUT2D eigenvalue weighted by Crippen LogP contribution is -2.20. The monoisotopic (exact) mass is 228 g/mol. The highest BCUT2D eigenvalue weighted by atomic mass is 35.5. The predicted octanol–water partition coefficient (Wildman–Crippen LogP) is 3.82. The molecule has 1 aliphatic heterocycles. The van der Waals surface area contributed by atoms with E-state index in [-0.39, 0.29) is 0 Å². The lowest BCUT2D eigenvalue weighted by Gasteiger charge is -2.22. The Balaban J connectivity index is 2.18. The Morgan fingerprint density at radius 2 is 2.00 bits per heavy atom. The van der Waals surface area contributed by atoms with Crippen LogP contribution in [0.15, 0.2) is 18.2 Å². The van der Waals surface area contributed by atoms with Crippen LogP contribution in [0.3, 0.4) is 0 Å². The van der Waals surface area contributed by atoms with Crippen LogP contribution in [-0.4, -0.2) is 6.54 Å². The highest BCUT2D eigenvalue weighted by Crippen LogP contribution is 2.29. The minimum Gasteiger partial charge on any atom is -0.234 e. The topological polar surface area (TPSA) is 14.1 Å². The maximum atomic E-state index is 5.96. The quantitative estimate of drug-likeness (QED) is 0.694. The van der Waals surface area contributed by atoms with Crippen molar-refractivity contribution in [2.24, 2.45) is 0 Å². The Kier molecular flexibility index (Phi) is 3.32. The lowest BCUT2D eigenvalue weighted by molar-refractivity contribution is 0.403. The van der Waals surface area contributed by atoms with E-state index >= 15 is 0 Å². The van der Waals surface area contributed by atoms with Gasteiger partial charge in [0.1, 0.15) is 0 Å². The van der Waals surface area contributed by atoms with Gasteiger partial charge < -0.3 is 0 Å². The Morgan fingerprint density at radius 1 is 1.14 bits per heavy atom. The van der Waals surface area contributed by atoms with Crippen molar-refractivity contribution < 1.29 is 0 Å². The van der Waals surface area contributed by atoms with Gasteiger partial charge in [-0.05, 0) is 30.5 Å². The van der Waals surface area contributed by atoms with E-state index in [4.69, 9.17) is 23.2 Å². The molecular formula is C11H12Cl2N. The SMILES string of the molecule is Clc1ccc(C2CCCC[N]2)cc1Cl. The highest BCUT2D eigenvalue weighted by molar-refractivity contribution is 6.42. The third-order valence-electron chi connectivity index (χ3n) is 2.56. The highest BCUT2D eigenvalue weighted by Gasteiger charge is 2.16. The molecule has 0 aromatic heterocycles. The van der Waals surface area contributed by atoms with Crippen LogP contribution in [0.1, 0.15) is 30.9 Å². The number of benzene rings is 1. The van der Waals surface area contributed by atoms with Gasteiger partial charge in [0.05, 0.1) is 10.0 Å². The molecule has 1 aliphatic rings. The molecule has 1 atom stereocenters. The number of hydrogen-bond acceptors (Lipinski definition) is 0. The van der Waals surface area contributed by atoms with E-state index in [0.29, 0.717) is 16.1 Å². The zero-order valence-corrected chi connectivity index (χ0v) is 9.35. The first-order valence-electron chi connectivity index (χ1n) is 4.89. The van der Waals surface area contributed by atoms with Crippen LogP contribution >= 0.6 is 23.2 Å². The zero-order chi connectivity index (χ0) is 9.97. The summed E-state index contributed by atoms with van der Waals surface area (Å²) in [5.74, 6) is 0. The van der Waals surface area contributed by atoms with Crippen molar-refractivity contribution in [1.82, 2.24) is 5.32 Å². The van der Waals surface area contributed by atoms with E-state index in [9.17, 15) is 0 Å². The molecular weight excluding hydrogens is 217 g/mol. The van der Waals surface area contributed by atoms with Crippen molar-refractivity contribution in [3.63, 3.8) is 0 Å². The van der Waals surface area contributed by atoms with E-state index in [1.54, 1.807) is 0 Å². The molecule has 2 rings (SSSR count). The number of halogens is 2. The fraction of sp³-hybridized carbons (Fsp3) is 0.455. The molecule has 0 amide bonds. The van der Waals surface area contributed by atoms with Gasteiger partial charge in [0.2, 0.25) is 0 Å². The van der Waals surface area contributed by atoms with Gasteiger partial charge in [-0.25, -0.2) is 5.32 Å². The fourth-order valence-electron chi connectivity index (χ4n) is 1.78. The first-order chi connectivity index (χ1) is 6.77. The summed E-state index contributed by atoms with van der Waals surface area (Å²) in [5.41, 5.74) is 1.19. The molecule has 3 heteroatoms. The van der Waals surface area contributed by atoms with Gasteiger partial charge in [0.15, 0.2) is 0 Å². The van der Waals surface area contributed by atoms with Crippen LogP contribution in [0.4, 0.5) is 0 Å². The molecule has 1 unspecified atom stereocenters. The molecule has 1 aromatic rings. The Labute approximate surface area is 94.4 Å². The second-order valence-corrected chi connectivity index (χ2v) is 4.41. The molecule has 0 bridgehead atoms. The molecule has 1 fully saturated rings. The smallest absolute Gasteiger partial charge is 0.0595 e. The summed E-state index contributed by atoms with van der Waals surface area (Å²) in [6.07, 6.45) is 3.62. The van der Waals surface area contributed by atoms with Crippen molar-refractivity contribution in [2.75, 3.05) is 6.54 Å². The van der Waals surface area contributed by atoms with Gasteiger partial charge >= 0.3 is 0 Å². The Hall–Kier alpha value is -0.240. The van der Waals surface area contributed by atoms with Gasteiger partial charge in [0, 0.05) is 12.6 Å². The molecule has 1 saturated heterocycles. The van der Waals surface area contributed by atoms with E-state index in [1.165, 1.54) is 18.4 Å². The third-order valence-corrected chi connectivity index (χ3v) is 3.30. The van der Waals surface area contributed by atoms with Crippen LogP contribution in [0, 0.1) is 0 Å². The molecule has 1 heterocycles. The Morgan fingerprint density at radius 3 is 2.64 bits per heavy atom. The number of piperidine rings is 1. The van der Waals surface area contributed by atoms with Crippen molar-refractivity contribution in [3.8, 4) is 0 Å². The van der Waals surface area contributed by atoms with Crippen molar-refractivity contribution in [1.29, 1.82) is 0 Å². The van der Waals surface area contributed by atoms with Crippen LogP contribution in [-0.2, 0) is 0 Å². The normalized spacial score (nSPS) is 22.3. The number of hydrogen-bond donors (Lipinski definition) is 0. The molecule has 0 aliphatic carbocycles. The fourth-order valence-corrected chi connectivity index (χ4v) is 2.09. The molecule has 0 spiro atoms. The summed E-state index contributed by atoms with van der Waals surface area (Å²) in [7, 11) is 0. The summed E-state index contributed by atoms with van der Waals surface area (Å²) in [5, 5.41) is 5.82. The second kappa shape index (κ2) is 4.52. The van der Waals surface area contributed by atoms with Crippen molar-refractivity contribution >= 4 is 23.2 Å². The van der Waals surface area contributed by atoms with Crippen LogP contribution in [0.25, 0.3) is 0 Å². The molecule has 1 nitrogen and oxygen atoms in total. The van der Waals surface area contributed by atoms with E-state index in [2.05, 4.69) is 5.32 Å². The third kappa shape index (κ3) is 2.22. The molecule has 1 radical (unpaired) electrons. The zero-order valence-electron chi connectivity index (χ0n) is 7.84. The molecule has 14 heavy (non-hydrogen) atoms. The summed E-state index contributed by atoms with van der Waals surface area (Å²) in [4.78, 5) is 0. The van der Waals surface area contributed by atoms with Gasteiger partial charge in [0.25, 0.3) is 0 Å². The lowest BCUT2D eigenvalue weighted by atomic mass is 9.98. The van der Waals surface area contributed by atoms with E-state index < -0.39 is 0 Å². The molecule has 75 valence electrons. The number of rotatable bonds is 1. The summed E-state index contributed by atoms with van der Waals surface area (Å²) < 4.78 is 0. The first kappa shape index (κ1) is 10.3. The molecule has 0 N–H and O–H groups in total. The minimum atomic E-state index is 0.332. The maximum absolute atomic E-state index is 5.96. The van der Waals surface area contributed by atoms with Gasteiger partial charge in [-0.15, -0.1) is 0 Å². The largest absolute Gasteiger partial charge is 0.234 e. The van der Waals surface area contributed by atoms with Crippen molar-refractivity contribution in [2.45, 2.75) is 25.3 Å².